The third-order valence-electron chi connectivity index (χ3n) is 5.00. The molecule has 2 aliphatic rings. The lowest BCUT2D eigenvalue weighted by Gasteiger charge is -2.36. The standard InChI is InChI=1S/C17H21N3O3S.C2HF3O2/c1-12-8-13(18-23-12)9-19-4-2-15-16(10-19)22-6-5-20(17(15)21)14-3-7-24-11-14;3-2(4,5)1(6)7/h3,7-8,11,15-16H,2,4-6,9-10H2,1H3;(H,6,7)/t15-,16+;/m1./s1. The highest BCUT2D eigenvalue weighted by atomic mass is 32.1. The zero-order valence-corrected chi connectivity index (χ0v) is 17.5. The van der Waals surface area contributed by atoms with Crippen molar-refractivity contribution in [2.75, 3.05) is 31.1 Å². The third-order valence-corrected chi connectivity index (χ3v) is 5.67. The van der Waals surface area contributed by atoms with Crippen molar-refractivity contribution in [3.63, 3.8) is 0 Å². The first-order chi connectivity index (χ1) is 14.6. The van der Waals surface area contributed by atoms with Crippen LogP contribution in [0.1, 0.15) is 17.9 Å². The van der Waals surface area contributed by atoms with Crippen molar-refractivity contribution in [1.82, 2.24) is 10.1 Å². The van der Waals surface area contributed by atoms with Crippen LogP contribution in [0.3, 0.4) is 0 Å². The average molecular weight is 461 g/mol. The fraction of sp³-hybridized carbons (Fsp3) is 0.526. The van der Waals surface area contributed by atoms with Crippen LogP contribution in [0.25, 0.3) is 0 Å². The second kappa shape index (κ2) is 9.79. The van der Waals surface area contributed by atoms with Gasteiger partial charge in [-0.3, -0.25) is 9.69 Å². The van der Waals surface area contributed by atoms with Crippen LogP contribution >= 0.6 is 11.3 Å². The molecule has 12 heteroatoms. The number of piperidine rings is 1. The van der Waals surface area contributed by atoms with Gasteiger partial charge in [0.25, 0.3) is 0 Å². The van der Waals surface area contributed by atoms with Crippen LogP contribution in [0, 0.1) is 12.8 Å². The van der Waals surface area contributed by atoms with Gasteiger partial charge < -0.3 is 19.3 Å². The van der Waals surface area contributed by atoms with Gasteiger partial charge in [-0.25, -0.2) is 4.79 Å². The lowest BCUT2D eigenvalue weighted by molar-refractivity contribution is -0.192. The Morgan fingerprint density at radius 3 is 2.71 bits per heavy atom. The first-order valence-corrected chi connectivity index (χ1v) is 10.5. The second-order valence-corrected chi connectivity index (χ2v) is 8.02. The fourth-order valence-electron chi connectivity index (χ4n) is 3.57. The molecule has 2 saturated heterocycles. The smallest absolute Gasteiger partial charge is 0.475 e. The van der Waals surface area contributed by atoms with E-state index in [4.69, 9.17) is 19.2 Å². The van der Waals surface area contributed by atoms with Crippen LogP contribution in [0.4, 0.5) is 18.9 Å². The van der Waals surface area contributed by atoms with Crippen molar-refractivity contribution in [3.8, 4) is 0 Å². The van der Waals surface area contributed by atoms with E-state index in [-0.39, 0.29) is 17.9 Å². The molecule has 0 aliphatic carbocycles. The highest BCUT2D eigenvalue weighted by Gasteiger charge is 2.40. The predicted molar refractivity (Wildman–Crippen MR) is 105 cm³/mol. The zero-order valence-electron chi connectivity index (χ0n) is 16.7. The summed E-state index contributed by atoms with van der Waals surface area (Å²) in [5.74, 6) is -1.78. The predicted octanol–water partition coefficient (Wildman–Crippen LogP) is 2.93. The third kappa shape index (κ3) is 6.05. The summed E-state index contributed by atoms with van der Waals surface area (Å²) >= 11 is 1.62. The molecule has 0 unspecified atom stereocenters. The Morgan fingerprint density at radius 2 is 2.13 bits per heavy atom. The molecule has 0 bridgehead atoms. The van der Waals surface area contributed by atoms with Crippen molar-refractivity contribution in [2.24, 2.45) is 5.92 Å². The highest BCUT2D eigenvalue weighted by molar-refractivity contribution is 7.08. The molecule has 0 aromatic carbocycles. The number of hydrogen-bond acceptors (Lipinski definition) is 7. The van der Waals surface area contributed by atoms with Crippen molar-refractivity contribution < 1.29 is 37.1 Å². The number of alkyl halides is 3. The molecule has 2 atom stereocenters. The SMILES string of the molecule is Cc1cc(CN2CC[C@H]3C(=O)N(c4ccsc4)CCO[C@H]3C2)no1.O=C(O)C(F)(F)F. The average Bonchev–Trinajstić information content (AvgIpc) is 3.33. The van der Waals surface area contributed by atoms with Crippen LogP contribution in [0.15, 0.2) is 27.4 Å². The molecule has 8 nitrogen and oxygen atoms in total. The molecule has 2 aliphatic heterocycles. The molecule has 4 rings (SSSR count). The molecular formula is C19H22F3N3O5S. The van der Waals surface area contributed by atoms with Gasteiger partial charge in [-0.2, -0.15) is 24.5 Å². The lowest BCUT2D eigenvalue weighted by atomic mass is 9.92. The number of carbonyl (C=O) groups excluding carboxylic acids is 1. The number of ether oxygens (including phenoxy) is 1. The van der Waals surface area contributed by atoms with Crippen LogP contribution in [0.5, 0.6) is 0 Å². The van der Waals surface area contributed by atoms with E-state index in [0.717, 1.165) is 43.2 Å². The molecule has 0 saturated carbocycles. The second-order valence-electron chi connectivity index (χ2n) is 7.24. The number of carboxylic acids is 1. The number of likely N-dealkylation sites (tertiary alicyclic amines) is 1. The quantitative estimate of drug-likeness (QED) is 0.751. The number of nitrogens with zero attached hydrogens (tertiary/aromatic N) is 3. The monoisotopic (exact) mass is 461 g/mol. The molecule has 1 N–H and O–H groups in total. The van der Waals surface area contributed by atoms with Crippen LogP contribution in [0.2, 0.25) is 0 Å². The Morgan fingerprint density at radius 1 is 1.39 bits per heavy atom. The molecule has 170 valence electrons. The van der Waals surface area contributed by atoms with Gasteiger partial charge in [0.1, 0.15) is 5.76 Å². The minimum absolute atomic E-state index is 0.0390. The molecule has 1 amide bonds. The lowest BCUT2D eigenvalue weighted by Crippen LogP contribution is -2.49. The number of aliphatic carboxylic acids is 1. The molecule has 2 aromatic rings. The zero-order chi connectivity index (χ0) is 22.6. The van der Waals surface area contributed by atoms with E-state index in [1.807, 2.05) is 34.7 Å². The highest BCUT2D eigenvalue weighted by Crippen LogP contribution is 2.29. The molecule has 0 spiro atoms. The summed E-state index contributed by atoms with van der Waals surface area (Å²) in [6.07, 6.45) is -4.30. The van der Waals surface area contributed by atoms with Crippen molar-refractivity contribution in [3.05, 3.63) is 34.3 Å². The van der Waals surface area contributed by atoms with Gasteiger partial charge in [0.15, 0.2) is 0 Å². The van der Waals surface area contributed by atoms with Gasteiger partial charge in [0.2, 0.25) is 5.91 Å². The summed E-state index contributed by atoms with van der Waals surface area (Å²) in [6.45, 7) is 5.49. The molecule has 0 radical (unpaired) electrons. The van der Waals surface area contributed by atoms with E-state index < -0.39 is 12.1 Å². The maximum atomic E-state index is 13.0. The number of fused-ring (bicyclic) bond motifs is 1. The molecular weight excluding hydrogens is 439 g/mol. The number of amides is 1. The summed E-state index contributed by atoms with van der Waals surface area (Å²) < 4.78 is 42.9. The Labute approximate surface area is 180 Å². The topological polar surface area (TPSA) is 96.1 Å². The normalized spacial score (nSPS) is 22.3. The minimum atomic E-state index is -5.08. The minimum Gasteiger partial charge on any atom is -0.475 e. The van der Waals surface area contributed by atoms with Gasteiger partial charge in [-0.15, -0.1) is 0 Å². The summed E-state index contributed by atoms with van der Waals surface area (Å²) in [7, 11) is 0. The molecule has 31 heavy (non-hydrogen) atoms. The summed E-state index contributed by atoms with van der Waals surface area (Å²) in [5.41, 5.74) is 1.93. The number of halogens is 3. The Hall–Kier alpha value is -2.44. The number of carbonyl (C=O) groups is 2. The van der Waals surface area contributed by atoms with Gasteiger partial charge >= 0.3 is 12.1 Å². The Balaban J connectivity index is 0.000000339. The molecule has 2 aromatic heterocycles. The van der Waals surface area contributed by atoms with E-state index in [9.17, 15) is 18.0 Å². The number of aromatic nitrogens is 1. The number of aryl methyl sites for hydroxylation is 1. The summed E-state index contributed by atoms with van der Waals surface area (Å²) in [4.78, 5) is 26.0. The van der Waals surface area contributed by atoms with Crippen LogP contribution < -0.4 is 4.90 Å². The first-order valence-electron chi connectivity index (χ1n) is 9.55. The summed E-state index contributed by atoms with van der Waals surface area (Å²) in [5, 5.41) is 15.2. The number of rotatable bonds is 3. The summed E-state index contributed by atoms with van der Waals surface area (Å²) in [6, 6.07) is 3.97. The van der Waals surface area contributed by atoms with E-state index in [1.165, 1.54) is 0 Å². The van der Waals surface area contributed by atoms with Gasteiger partial charge in [0.05, 0.1) is 30.0 Å². The first kappa shape index (κ1) is 23.2. The Kier molecular flexibility index (Phi) is 7.34. The van der Waals surface area contributed by atoms with E-state index in [0.29, 0.717) is 13.2 Å². The van der Waals surface area contributed by atoms with Gasteiger partial charge in [-0.05, 0) is 31.3 Å². The van der Waals surface area contributed by atoms with Crippen LogP contribution in [-0.4, -0.2) is 65.6 Å². The van der Waals surface area contributed by atoms with E-state index >= 15 is 0 Å². The number of anilines is 1. The van der Waals surface area contributed by atoms with Crippen molar-refractivity contribution in [2.45, 2.75) is 32.2 Å². The largest absolute Gasteiger partial charge is 0.490 e. The van der Waals surface area contributed by atoms with Gasteiger partial charge in [-0.1, -0.05) is 5.16 Å². The maximum absolute atomic E-state index is 13.0. The fourth-order valence-corrected chi connectivity index (χ4v) is 4.21. The molecule has 4 heterocycles. The van der Waals surface area contributed by atoms with Crippen molar-refractivity contribution >= 4 is 28.9 Å². The Bertz CT molecular complexity index is 887. The molecule has 2 fully saturated rings. The van der Waals surface area contributed by atoms with E-state index in [1.54, 1.807) is 11.3 Å². The maximum Gasteiger partial charge on any atom is 0.490 e. The van der Waals surface area contributed by atoms with E-state index in [2.05, 4.69) is 10.1 Å². The number of hydrogen-bond donors (Lipinski definition) is 1. The van der Waals surface area contributed by atoms with Crippen LogP contribution in [-0.2, 0) is 20.9 Å². The van der Waals surface area contributed by atoms with Gasteiger partial charge in [0, 0.05) is 31.1 Å². The number of carboxylic acid groups (broad SMARTS) is 1. The number of thiophene rings is 1. The van der Waals surface area contributed by atoms with Crippen molar-refractivity contribution in [1.29, 1.82) is 0 Å².